The molecular formula is C11H16N2O2S. The van der Waals surface area contributed by atoms with Crippen molar-refractivity contribution in [1.29, 1.82) is 0 Å². The second kappa shape index (κ2) is 5.43. The van der Waals surface area contributed by atoms with E-state index in [-0.39, 0.29) is 18.1 Å². The summed E-state index contributed by atoms with van der Waals surface area (Å²) in [5.41, 5.74) is 0. The molecule has 1 aromatic rings. The SMILES string of the molecule is CC(NC(=O)C1CNCCO1)c1cccs1. The van der Waals surface area contributed by atoms with Crippen molar-refractivity contribution in [3.05, 3.63) is 22.4 Å². The molecular weight excluding hydrogens is 224 g/mol. The van der Waals surface area contributed by atoms with Crippen molar-refractivity contribution < 1.29 is 9.53 Å². The first kappa shape index (κ1) is 11.6. The summed E-state index contributed by atoms with van der Waals surface area (Å²) in [4.78, 5) is 13.0. The van der Waals surface area contributed by atoms with E-state index in [0.29, 0.717) is 13.2 Å². The number of nitrogens with one attached hydrogen (secondary N) is 2. The van der Waals surface area contributed by atoms with Crippen molar-refractivity contribution >= 4 is 17.2 Å². The summed E-state index contributed by atoms with van der Waals surface area (Å²) in [5.74, 6) is -0.0342. The number of morpholine rings is 1. The fourth-order valence-electron chi connectivity index (χ4n) is 1.65. The van der Waals surface area contributed by atoms with Crippen molar-refractivity contribution in [2.75, 3.05) is 19.7 Å². The maximum atomic E-state index is 11.8. The van der Waals surface area contributed by atoms with Crippen molar-refractivity contribution in [3.8, 4) is 0 Å². The zero-order chi connectivity index (χ0) is 11.4. The lowest BCUT2D eigenvalue weighted by Gasteiger charge is -2.24. The topological polar surface area (TPSA) is 50.4 Å². The van der Waals surface area contributed by atoms with Gasteiger partial charge >= 0.3 is 0 Å². The Balaban J connectivity index is 1.86. The lowest BCUT2D eigenvalue weighted by Crippen LogP contribution is -2.48. The number of carbonyl (C=O) groups is 1. The van der Waals surface area contributed by atoms with Gasteiger partial charge in [-0.15, -0.1) is 11.3 Å². The van der Waals surface area contributed by atoms with Crippen LogP contribution in [0.25, 0.3) is 0 Å². The number of amides is 1. The van der Waals surface area contributed by atoms with Gasteiger partial charge in [-0.3, -0.25) is 4.79 Å². The number of hydrogen-bond acceptors (Lipinski definition) is 4. The predicted molar refractivity (Wildman–Crippen MR) is 63.5 cm³/mol. The van der Waals surface area contributed by atoms with Gasteiger partial charge in [0, 0.05) is 18.0 Å². The molecule has 0 saturated carbocycles. The van der Waals surface area contributed by atoms with E-state index in [2.05, 4.69) is 10.6 Å². The van der Waals surface area contributed by atoms with Crippen LogP contribution in [-0.4, -0.2) is 31.7 Å². The molecule has 4 nitrogen and oxygen atoms in total. The van der Waals surface area contributed by atoms with Gasteiger partial charge in [-0.25, -0.2) is 0 Å². The van der Waals surface area contributed by atoms with Crippen LogP contribution < -0.4 is 10.6 Å². The summed E-state index contributed by atoms with van der Waals surface area (Å²) in [6.45, 7) is 4.01. The third-order valence-electron chi connectivity index (χ3n) is 2.55. The van der Waals surface area contributed by atoms with E-state index in [4.69, 9.17) is 4.74 Å². The van der Waals surface area contributed by atoms with Gasteiger partial charge < -0.3 is 15.4 Å². The maximum absolute atomic E-state index is 11.8. The molecule has 2 rings (SSSR count). The number of rotatable bonds is 3. The summed E-state index contributed by atoms with van der Waals surface area (Å²) < 4.78 is 5.39. The highest BCUT2D eigenvalue weighted by Gasteiger charge is 2.23. The minimum atomic E-state index is -0.351. The number of thiophene rings is 1. The lowest BCUT2D eigenvalue weighted by molar-refractivity contribution is -0.134. The van der Waals surface area contributed by atoms with Gasteiger partial charge in [0.05, 0.1) is 12.6 Å². The smallest absolute Gasteiger partial charge is 0.250 e. The quantitative estimate of drug-likeness (QED) is 0.826. The number of hydrogen-bond donors (Lipinski definition) is 2. The van der Waals surface area contributed by atoms with Crippen LogP contribution in [0.1, 0.15) is 17.8 Å². The second-order valence-electron chi connectivity index (χ2n) is 3.81. The molecule has 5 heteroatoms. The van der Waals surface area contributed by atoms with Gasteiger partial charge in [-0.05, 0) is 18.4 Å². The van der Waals surface area contributed by atoms with Gasteiger partial charge in [0.1, 0.15) is 6.10 Å². The molecule has 2 atom stereocenters. The molecule has 16 heavy (non-hydrogen) atoms. The van der Waals surface area contributed by atoms with Gasteiger partial charge in [0.25, 0.3) is 5.91 Å². The largest absolute Gasteiger partial charge is 0.366 e. The zero-order valence-corrected chi connectivity index (χ0v) is 10.0. The summed E-state index contributed by atoms with van der Waals surface area (Å²) in [6, 6.07) is 4.06. The predicted octanol–water partition coefficient (Wildman–Crippen LogP) is 0.914. The standard InChI is InChI=1S/C11H16N2O2S/c1-8(10-3-2-6-16-10)13-11(14)9-7-12-4-5-15-9/h2-3,6,8-9,12H,4-5,7H2,1H3,(H,13,14). The average Bonchev–Trinajstić information content (AvgIpc) is 2.83. The number of carbonyl (C=O) groups excluding carboxylic acids is 1. The van der Waals surface area contributed by atoms with E-state index in [1.54, 1.807) is 11.3 Å². The van der Waals surface area contributed by atoms with Crippen LogP contribution in [-0.2, 0) is 9.53 Å². The first-order valence-electron chi connectivity index (χ1n) is 5.43. The first-order chi connectivity index (χ1) is 7.77. The summed E-state index contributed by atoms with van der Waals surface area (Å²) in [5, 5.41) is 8.11. The molecule has 2 unspecified atom stereocenters. The van der Waals surface area contributed by atoms with Crippen molar-refractivity contribution in [1.82, 2.24) is 10.6 Å². The van der Waals surface area contributed by atoms with Crippen LogP contribution in [0.2, 0.25) is 0 Å². The van der Waals surface area contributed by atoms with E-state index >= 15 is 0 Å². The van der Waals surface area contributed by atoms with E-state index in [1.807, 2.05) is 24.4 Å². The molecule has 0 radical (unpaired) electrons. The molecule has 1 aromatic heterocycles. The molecule has 1 fully saturated rings. The zero-order valence-electron chi connectivity index (χ0n) is 9.23. The van der Waals surface area contributed by atoms with Gasteiger partial charge in [0.2, 0.25) is 0 Å². The van der Waals surface area contributed by atoms with E-state index in [0.717, 1.165) is 11.4 Å². The molecule has 0 aliphatic carbocycles. The monoisotopic (exact) mass is 240 g/mol. The summed E-state index contributed by atoms with van der Waals surface area (Å²) in [6.07, 6.45) is -0.351. The fraction of sp³-hybridized carbons (Fsp3) is 0.545. The van der Waals surface area contributed by atoms with Crippen LogP contribution in [0.15, 0.2) is 17.5 Å². The van der Waals surface area contributed by atoms with Crippen LogP contribution in [0.4, 0.5) is 0 Å². The van der Waals surface area contributed by atoms with Crippen LogP contribution >= 0.6 is 11.3 Å². The van der Waals surface area contributed by atoms with Gasteiger partial charge in [-0.1, -0.05) is 6.07 Å². The van der Waals surface area contributed by atoms with Gasteiger partial charge in [0.15, 0.2) is 0 Å². The third kappa shape index (κ3) is 2.81. The molecule has 0 spiro atoms. The molecule has 1 amide bonds. The number of ether oxygens (including phenoxy) is 1. The third-order valence-corrected chi connectivity index (χ3v) is 3.60. The average molecular weight is 240 g/mol. The van der Waals surface area contributed by atoms with Crippen molar-refractivity contribution in [2.45, 2.75) is 19.1 Å². The highest BCUT2D eigenvalue weighted by atomic mass is 32.1. The Labute approximate surface area is 99.0 Å². The molecule has 88 valence electrons. The molecule has 1 saturated heterocycles. The lowest BCUT2D eigenvalue weighted by atomic mass is 10.2. The van der Waals surface area contributed by atoms with E-state index in [1.165, 1.54) is 0 Å². The fourth-order valence-corrected chi connectivity index (χ4v) is 2.38. The normalized spacial score (nSPS) is 22.7. The molecule has 0 bridgehead atoms. The first-order valence-corrected chi connectivity index (χ1v) is 6.31. The van der Waals surface area contributed by atoms with E-state index in [9.17, 15) is 4.79 Å². The Morgan fingerprint density at radius 3 is 3.25 bits per heavy atom. The molecule has 1 aliphatic rings. The van der Waals surface area contributed by atoms with Crippen molar-refractivity contribution in [2.24, 2.45) is 0 Å². The van der Waals surface area contributed by atoms with Crippen LogP contribution in [0.5, 0.6) is 0 Å². The molecule has 1 aliphatic heterocycles. The van der Waals surface area contributed by atoms with Gasteiger partial charge in [-0.2, -0.15) is 0 Å². The molecule has 2 heterocycles. The second-order valence-corrected chi connectivity index (χ2v) is 4.79. The Morgan fingerprint density at radius 2 is 2.62 bits per heavy atom. The van der Waals surface area contributed by atoms with Crippen molar-refractivity contribution in [3.63, 3.8) is 0 Å². The van der Waals surface area contributed by atoms with E-state index < -0.39 is 0 Å². The molecule has 0 aromatic carbocycles. The Bertz CT molecular complexity index is 334. The maximum Gasteiger partial charge on any atom is 0.250 e. The Hall–Kier alpha value is -0.910. The van der Waals surface area contributed by atoms with Crippen LogP contribution in [0.3, 0.4) is 0 Å². The Kier molecular flexibility index (Phi) is 3.93. The highest BCUT2D eigenvalue weighted by molar-refractivity contribution is 7.10. The van der Waals surface area contributed by atoms with Crippen LogP contribution in [0, 0.1) is 0 Å². The minimum Gasteiger partial charge on any atom is -0.366 e. The molecule has 2 N–H and O–H groups in total. The Morgan fingerprint density at radius 1 is 1.75 bits per heavy atom. The summed E-state index contributed by atoms with van der Waals surface area (Å²) >= 11 is 1.65. The minimum absolute atomic E-state index is 0.0342. The summed E-state index contributed by atoms with van der Waals surface area (Å²) in [7, 11) is 0. The highest BCUT2D eigenvalue weighted by Crippen LogP contribution is 2.18.